The van der Waals surface area contributed by atoms with E-state index in [1.54, 1.807) is 25.5 Å². The van der Waals surface area contributed by atoms with Gasteiger partial charge >= 0.3 is 5.97 Å². The van der Waals surface area contributed by atoms with E-state index in [2.05, 4.69) is 50.2 Å². The Morgan fingerprint density at radius 1 is 1.19 bits per heavy atom. The molecule has 3 aromatic rings. The van der Waals surface area contributed by atoms with Crippen LogP contribution in [0.4, 0.5) is 0 Å². The molecule has 194 valence electrons. The van der Waals surface area contributed by atoms with E-state index in [1.165, 1.54) is 11.3 Å². The average Bonchev–Trinajstić information content (AvgIpc) is 3.12. The van der Waals surface area contributed by atoms with Crippen LogP contribution < -0.4 is 24.4 Å². The molecule has 2 aromatic carbocycles. The van der Waals surface area contributed by atoms with Crippen LogP contribution in [0.15, 0.2) is 57.5 Å². The molecule has 0 amide bonds. The van der Waals surface area contributed by atoms with E-state index in [9.17, 15) is 9.59 Å². The summed E-state index contributed by atoms with van der Waals surface area (Å²) < 4.78 is 20.6. The van der Waals surface area contributed by atoms with Crippen molar-refractivity contribution in [3.05, 3.63) is 85.6 Å². The number of methoxy groups -OCH3 is 1. The van der Waals surface area contributed by atoms with Gasteiger partial charge in [0.05, 0.1) is 48.8 Å². The molecule has 0 saturated heterocycles. The summed E-state index contributed by atoms with van der Waals surface area (Å²) >= 11 is 5.75. The summed E-state index contributed by atoms with van der Waals surface area (Å²) in [5, 5.41) is 0. The van der Waals surface area contributed by atoms with Gasteiger partial charge in [0.1, 0.15) is 11.5 Å². The molecule has 4 rings (SSSR count). The number of esters is 1. The van der Waals surface area contributed by atoms with Gasteiger partial charge in [0.2, 0.25) is 0 Å². The molecule has 7 nitrogen and oxygen atoms in total. The van der Waals surface area contributed by atoms with Gasteiger partial charge in [0, 0.05) is 0 Å². The van der Waals surface area contributed by atoms with Gasteiger partial charge in [0.15, 0.2) is 4.80 Å². The molecular formula is C27H26I2N2O5S. The fourth-order valence-corrected chi connectivity index (χ4v) is 7.42. The SMILES string of the molecule is CCOC(=O)C1=C(C)N=c2s/c(=C\c3cc(I)c(OC)c(I)c3)c(=O)n2[C@H]1c1ccc(OC(C)C)cc1. The molecule has 0 unspecified atom stereocenters. The van der Waals surface area contributed by atoms with Gasteiger partial charge < -0.3 is 14.2 Å². The quantitative estimate of drug-likeness (QED) is 0.257. The third-order valence-corrected chi connectivity index (χ3v) is 8.19. The molecule has 1 aromatic heterocycles. The third-order valence-electron chi connectivity index (χ3n) is 5.61. The van der Waals surface area contributed by atoms with E-state index in [4.69, 9.17) is 14.2 Å². The zero-order valence-corrected chi connectivity index (χ0v) is 26.1. The van der Waals surface area contributed by atoms with Crippen molar-refractivity contribution in [3.8, 4) is 11.5 Å². The molecule has 37 heavy (non-hydrogen) atoms. The highest BCUT2D eigenvalue weighted by atomic mass is 127. The van der Waals surface area contributed by atoms with E-state index in [0.29, 0.717) is 26.4 Å². The van der Waals surface area contributed by atoms with E-state index in [1.807, 2.05) is 56.3 Å². The first-order valence-electron chi connectivity index (χ1n) is 11.6. The minimum absolute atomic E-state index is 0.0323. The molecule has 0 N–H and O–H groups in total. The molecule has 1 aliphatic heterocycles. The summed E-state index contributed by atoms with van der Waals surface area (Å²) in [5.74, 6) is 1.04. The van der Waals surface area contributed by atoms with Crippen LogP contribution in [0.5, 0.6) is 11.5 Å². The Morgan fingerprint density at radius 3 is 2.41 bits per heavy atom. The van der Waals surface area contributed by atoms with Gasteiger partial charge in [-0.1, -0.05) is 23.5 Å². The highest BCUT2D eigenvalue weighted by molar-refractivity contribution is 14.1. The zero-order chi connectivity index (χ0) is 26.9. The maximum absolute atomic E-state index is 13.8. The highest BCUT2D eigenvalue weighted by Gasteiger charge is 2.33. The molecular weight excluding hydrogens is 718 g/mol. The van der Waals surface area contributed by atoms with Crippen LogP contribution in [0, 0.1) is 7.14 Å². The fourth-order valence-electron chi connectivity index (χ4n) is 4.12. The number of aromatic nitrogens is 1. The highest BCUT2D eigenvalue weighted by Crippen LogP contribution is 2.32. The first-order valence-corrected chi connectivity index (χ1v) is 14.6. The Hall–Kier alpha value is -2.19. The lowest BCUT2D eigenvalue weighted by molar-refractivity contribution is -0.139. The molecule has 0 saturated carbocycles. The normalized spacial score (nSPS) is 15.5. The lowest BCUT2D eigenvalue weighted by Crippen LogP contribution is -2.39. The van der Waals surface area contributed by atoms with Crippen LogP contribution >= 0.6 is 56.5 Å². The molecule has 1 aliphatic rings. The molecule has 1 atom stereocenters. The third kappa shape index (κ3) is 5.80. The smallest absolute Gasteiger partial charge is 0.338 e. The average molecular weight is 744 g/mol. The first kappa shape index (κ1) is 27.8. The lowest BCUT2D eigenvalue weighted by Gasteiger charge is -2.25. The first-order chi connectivity index (χ1) is 17.6. The van der Waals surface area contributed by atoms with Crippen molar-refractivity contribution in [2.45, 2.75) is 39.8 Å². The number of ether oxygens (including phenoxy) is 3. The van der Waals surface area contributed by atoms with Crippen molar-refractivity contribution in [2.24, 2.45) is 4.99 Å². The van der Waals surface area contributed by atoms with E-state index in [-0.39, 0.29) is 18.3 Å². The van der Waals surface area contributed by atoms with Crippen molar-refractivity contribution < 1.29 is 19.0 Å². The number of fused-ring (bicyclic) bond motifs is 1. The summed E-state index contributed by atoms with van der Waals surface area (Å²) in [6, 6.07) is 10.7. The second-order valence-electron chi connectivity index (χ2n) is 8.56. The largest absolute Gasteiger partial charge is 0.495 e. The minimum atomic E-state index is -0.665. The number of halogens is 2. The van der Waals surface area contributed by atoms with Gasteiger partial charge in [-0.2, -0.15) is 0 Å². The number of nitrogens with zero attached hydrogens (tertiary/aromatic N) is 2. The van der Waals surface area contributed by atoms with E-state index in [0.717, 1.165) is 24.0 Å². The van der Waals surface area contributed by atoms with Gasteiger partial charge in [-0.15, -0.1) is 0 Å². The Kier molecular flexibility index (Phi) is 8.79. The maximum Gasteiger partial charge on any atom is 0.338 e. The monoisotopic (exact) mass is 744 g/mol. The summed E-state index contributed by atoms with van der Waals surface area (Å²) in [5.41, 5.74) is 2.33. The number of benzene rings is 2. The standard InChI is InChI=1S/C27H26I2N2O5S/c1-6-35-26(33)22-15(4)30-27-31(23(22)17-7-9-18(10-8-17)36-14(2)3)25(32)21(37-27)13-16-11-19(28)24(34-5)20(29)12-16/h7-14,23H,6H2,1-5H3/b21-13-/t23-/m0/s1. The predicted octanol–water partition coefficient (Wildman–Crippen LogP) is 4.80. The number of allylic oxidation sites excluding steroid dienone is 1. The minimum Gasteiger partial charge on any atom is -0.495 e. The van der Waals surface area contributed by atoms with Crippen LogP contribution in [-0.2, 0) is 9.53 Å². The van der Waals surface area contributed by atoms with Crippen molar-refractivity contribution in [1.29, 1.82) is 0 Å². The summed E-state index contributed by atoms with van der Waals surface area (Å²) in [6.07, 6.45) is 1.89. The van der Waals surface area contributed by atoms with Crippen LogP contribution in [0.3, 0.4) is 0 Å². The Bertz CT molecular complexity index is 1530. The number of carbonyl (C=O) groups excluding carboxylic acids is 1. The van der Waals surface area contributed by atoms with Gasteiger partial charge in [-0.05, 0) is 114 Å². The second kappa shape index (κ2) is 11.7. The Labute approximate surface area is 246 Å². The van der Waals surface area contributed by atoms with Gasteiger partial charge in [0.25, 0.3) is 5.56 Å². The van der Waals surface area contributed by atoms with Crippen molar-refractivity contribution in [3.63, 3.8) is 0 Å². The summed E-state index contributed by atoms with van der Waals surface area (Å²) in [6.45, 7) is 7.68. The lowest BCUT2D eigenvalue weighted by atomic mass is 9.96. The molecule has 0 bridgehead atoms. The van der Waals surface area contributed by atoms with Crippen molar-refractivity contribution in [2.75, 3.05) is 13.7 Å². The topological polar surface area (TPSA) is 79.1 Å². The number of rotatable bonds is 7. The van der Waals surface area contributed by atoms with E-state index < -0.39 is 12.0 Å². The number of carbonyl (C=O) groups is 1. The Balaban J connectivity index is 1.90. The number of hydrogen-bond donors (Lipinski definition) is 0. The molecule has 2 heterocycles. The fraction of sp³-hybridized carbons (Fsp3) is 0.296. The van der Waals surface area contributed by atoms with Crippen LogP contribution in [0.1, 0.15) is 44.9 Å². The number of thiazole rings is 1. The van der Waals surface area contributed by atoms with Gasteiger partial charge in [-0.3, -0.25) is 9.36 Å². The van der Waals surface area contributed by atoms with Crippen LogP contribution in [0.25, 0.3) is 6.08 Å². The zero-order valence-electron chi connectivity index (χ0n) is 21.0. The summed E-state index contributed by atoms with van der Waals surface area (Å²) in [7, 11) is 1.64. The second-order valence-corrected chi connectivity index (χ2v) is 11.9. The van der Waals surface area contributed by atoms with Crippen LogP contribution in [-0.4, -0.2) is 30.4 Å². The van der Waals surface area contributed by atoms with Crippen molar-refractivity contribution in [1.82, 2.24) is 4.57 Å². The van der Waals surface area contributed by atoms with E-state index >= 15 is 0 Å². The predicted molar refractivity (Wildman–Crippen MR) is 161 cm³/mol. The number of hydrogen-bond acceptors (Lipinski definition) is 7. The molecule has 10 heteroatoms. The van der Waals surface area contributed by atoms with Gasteiger partial charge in [-0.25, -0.2) is 9.79 Å². The van der Waals surface area contributed by atoms with Crippen molar-refractivity contribution >= 4 is 68.6 Å². The maximum atomic E-state index is 13.8. The van der Waals surface area contributed by atoms with Crippen LogP contribution in [0.2, 0.25) is 0 Å². The molecule has 0 aliphatic carbocycles. The molecule has 0 radical (unpaired) electrons. The molecule has 0 fully saturated rings. The summed E-state index contributed by atoms with van der Waals surface area (Å²) in [4.78, 5) is 32.0. The Morgan fingerprint density at radius 2 is 1.84 bits per heavy atom. The molecule has 0 spiro atoms.